The SMILES string of the molecule is Cc1ccccc1OCCN(C)C(=O)C(C)C1CNC1.Cl. The van der Waals surface area contributed by atoms with Gasteiger partial charge >= 0.3 is 0 Å². The lowest BCUT2D eigenvalue weighted by molar-refractivity contribution is -0.136. The molecule has 1 fully saturated rings. The van der Waals surface area contributed by atoms with Gasteiger partial charge in [0.15, 0.2) is 0 Å². The number of nitrogens with zero attached hydrogens (tertiary/aromatic N) is 1. The van der Waals surface area contributed by atoms with Crippen molar-refractivity contribution in [2.24, 2.45) is 11.8 Å². The van der Waals surface area contributed by atoms with Crippen LogP contribution in [0.1, 0.15) is 12.5 Å². The summed E-state index contributed by atoms with van der Waals surface area (Å²) < 4.78 is 5.73. The fourth-order valence-electron chi connectivity index (χ4n) is 2.33. The van der Waals surface area contributed by atoms with Crippen molar-refractivity contribution in [3.63, 3.8) is 0 Å². The molecule has 1 N–H and O–H groups in total. The van der Waals surface area contributed by atoms with E-state index in [1.54, 1.807) is 4.90 Å². The normalized spacial score (nSPS) is 15.6. The first-order chi connectivity index (χ1) is 9.59. The van der Waals surface area contributed by atoms with Crippen LogP contribution in [0.3, 0.4) is 0 Å². The van der Waals surface area contributed by atoms with Gasteiger partial charge in [0.25, 0.3) is 0 Å². The Hall–Kier alpha value is -1.26. The van der Waals surface area contributed by atoms with Gasteiger partial charge in [0.1, 0.15) is 12.4 Å². The predicted molar refractivity (Wildman–Crippen MR) is 87.1 cm³/mol. The van der Waals surface area contributed by atoms with E-state index in [4.69, 9.17) is 4.74 Å². The van der Waals surface area contributed by atoms with Crippen LogP contribution in [0.4, 0.5) is 0 Å². The van der Waals surface area contributed by atoms with E-state index in [1.807, 2.05) is 45.2 Å². The molecule has 118 valence electrons. The number of hydrogen-bond donors (Lipinski definition) is 1. The van der Waals surface area contributed by atoms with Gasteiger partial charge in [0.2, 0.25) is 5.91 Å². The number of likely N-dealkylation sites (N-methyl/N-ethyl adjacent to an activating group) is 1. The summed E-state index contributed by atoms with van der Waals surface area (Å²) in [6, 6.07) is 7.94. The van der Waals surface area contributed by atoms with E-state index in [2.05, 4.69) is 5.32 Å². The van der Waals surface area contributed by atoms with Crippen molar-refractivity contribution in [1.82, 2.24) is 10.2 Å². The molecular weight excluding hydrogens is 288 g/mol. The standard InChI is InChI=1S/C16H24N2O2.ClH/c1-12-6-4-5-7-15(12)20-9-8-18(3)16(19)13(2)14-10-17-11-14;/h4-7,13-14,17H,8-11H2,1-3H3;1H. The summed E-state index contributed by atoms with van der Waals surface area (Å²) in [6.45, 7) is 7.11. The molecule has 1 aliphatic rings. The van der Waals surface area contributed by atoms with Crippen LogP contribution in [0.5, 0.6) is 5.75 Å². The molecule has 1 aromatic rings. The highest BCUT2D eigenvalue weighted by atomic mass is 35.5. The van der Waals surface area contributed by atoms with E-state index in [0.29, 0.717) is 19.1 Å². The van der Waals surface area contributed by atoms with Crippen LogP contribution in [0.15, 0.2) is 24.3 Å². The molecule has 2 rings (SSSR count). The van der Waals surface area contributed by atoms with Gasteiger partial charge in [-0.15, -0.1) is 12.4 Å². The first-order valence-electron chi connectivity index (χ1n) is 7.23. The number of halogens is 1. The van der Waals surface area contributed by atoms with Crippen LogP contribution in [-0.4, -0.2) is 44.1 Å². The Morgan fingerprint density at radius 1 is 1.43 bits per heavy atom. The van der Waals surface area contributed by atoms with Crippen molar-refractivity contribution in [3.05, 3.63) is 29.8 Å². The Morgan fingerprint density at radius 2 is 2.10 bits per heavy atom. The molecule has 21 heavy (non-hydrogen) atoms. The topological polar surface area (TPSA) is 41.6 Å². The number of aryl methyl sites for hydroxylation is 1. The summed E-state index contributed by atoms with van der Waals surface area (Å²) in [5.74, 6) is 1.69. The zero-order chi connectivity index (χ0) is 14.5. The zero-order valence-electron chi connectivity index (χ0n) is 13.0. The van der Waals surface area contributed by atoms with Crippen LogP contribution in [-0.2, 0) is 4.79 Å². The lowest BCUT2D eigenvalue weighted by atomic mass is 9.88. The molecule has 0 radical (unpaired) electrons. The highest BCUT2D eigenvalue weighted by Crippen LogP contribution is 2.18. The first kappa shape index (κ1) is 17.8. The summed E-state index contributed by atoms with van der Waals surface area (Å²) in [4.78, 5) is 14.0. The van der Waals surface area contributed by atoms with Crippen LogP contribution in [0, 0.1) is 18.8 Å². The minimum Gasteiger partial charge on any atom is -0.491 e. The number of benzene rings is 1. The van der Waals surface area contributed by atoms with Crippen molar-refractivity contribution in [2.45, 2.75) is 13.8 Å². The molecule has 1 amide bonds. The number of rotatable bonds is 6. The summed E-state index contributed by atoms with van der Waals surface area (Å²) in [5.41, 5.74) is 1.12. The van der Waals surface area contributed by atoms with Gasteiger partial charge in [-0.2, -0.15) is 0 Å². The van der Waals surface area contributed by atoms with Gasteiger partial charge in [-0.05, 0) is 37.6 Å². The molecule has 0 bridgehead atoms. The quantitative estimate of drug-likeness (QED) is 0.875. The number of para-hydroxylation sites is 1. The Morgan fingerprint density at radius 3 is 2.67 bits per heavy atom. The monoisotopic (exact) mass is 312 g/mol. The van der Waals surface area contributed by atoms with Crippen LogP contribution >= 0.6 is 12.4 Å². The Balaban J connectivity index is 0.00000220. The molecular formula is C16H25ClN2O2. The average Bonchev–Trinajstić information content (AvgIpc) is 2.38. The summed E-state index contributed by atoms with van der Waals surface area (Å²) in [6.07, 6.45) is 0. The minimum atomic E-state index is 0. The van der Waals surface area contributed by atoms with E-state index in [9.17, 15) is 4.79 Å². The third-order valence-electron chi connectivity index (χ3n) is 4.06. The van der Waals surface area contributed by atoms with E-state index in [1.165, 1.54) is 0 Å². The molecule has 0 aromatic heterocycles. The fourth-order valence-corrected chi connectivity index (χ4v) is 2.33. The van der Waals surface area contributed by atoms with Gasteiger partial charge < -0.3 is 15.0 Å². The molecule has 1 unspecified atom stereocenters. The van der Waals surface area contributed by atoms with Crippen LogP contribution < -0.4 is 10.1 Å². The Bertz CT molecular complexity index is 463. The molecule has 0 saturated carbocycles. The Kier molecular flexibility index (Phi) is 6.99. The molecule has 0 spiro atoms. The minimum absolute atomic E-state index is 0. The van der Waals surface area contributed by atoms with Crippen molar-refractivity contribution < 1.29 is 9.53 Å². The fraction of sp³-hybridized carbons (Fsp3) is 0.562. The molecule has 5 heteroatoms. The average molecular weight is 313 g/mol. The van der Waals surface area contributed by atoms with Crippen molar-refractivity contribution in [1.29, 1.82) is 0 Å². The van der Waals surface area contributed by atoms with Gasteiger partial charge in [0.05, 0.1) is 6.54 Å². The molecule has 0 aliphatic carbocycles. The van der Waals surface area contributed by atoms with E-state index in [-0.39, 0.29) is 24.2 Å². The van der Waals surface area contributed by atoms with Crippen LogP contribution in [0.2, 0.25) is 0 Å². The highest BCUT2D eigenvalue weighted by molar-refractivity contribution is 5.85. The van der Waals surface area contributed by atoms with Gasteiger partial charge in [-0.25, -0.2) is 0 Å². The lowest BCUT2D eigenvalue weighted by Gasteiger charge is -2.33. The maximum absolute atomic E-state index is 12.2. The van der Waals surface area contributed by atoms with Gasteiger partial charge in [-0.3, -0.25) is 4.79 Å². The van der Waals surface area contributed by atoms with Gasteiger partial charge in [-0.1, -0.05) is 25.1 Å². The van der Waals surface area contributed by atoms with Gasteiger partial charge in [0, 0.05) is 13.0 Å². The summed E-state index contributed by atoms with van der Waals surface area (Å²) >= 11 is 0. The second kappa shape index (κ2) is 8.25. The molecule has 1 aliphatic heterocycles. The summed E-state index contributed by atoms with van der Waals surface area (Å²) in [5, 5.41) is 3.21. The van der Waals surface area contributed by atoms with E-state index >= 15 is 0 Å². The predicted octanol–water partition coefficient (Wildman–Crippen LogP) is 2.11. The van der Waals surface area contributed by atoms with Crippen molar-refractivity contribution in [3.8, 4) is 5.75 Å². The number of ether oxygens (including phenoxy) is 1. The second-order valence-electron chi connectivity index (χ2n) is 5.58. The molecule has 1 aromatic carbocycles. The zero-order valence-corrected chi connectivity index (χ0v) is 13.8. The van der Waals surface area contributed by atoms with Crippen LogP contribution in [0.25, 0.3) is 0 Å². The maximum atomic E-state index is 12.2. The highest BCUT2D eigenvalue weighted by Gasteiger charge is 2.30. The Labute approximate surface area is 133 Å². The third kappa shape index (κ3) is 4.61. The number of amides is 1. The maximum Gasteiger partial charge on any atom is 0.225 e. The molecule has 1 atom stereocenters. The molecule has 1 saturated heterocycles. The molecule has 1 heterocycles. The lowest BCUT2D eigenvalue weighted by Crippen LogP contribution is -2.50. The van der Waals surface area contributed by atoms with Crippen molar-refractivity contribution >= 4 is 18.3 Å². The largest absolute Gasteiger partial charge is 0.491 e. The van der Waals surface area contributed by atoms with E-state index in [0.717, 1.165) is 24.4 Å². The smallest absolute Gasteiger partial charge is 0.225 e. The third-order valence-corrected chi connectivity index (χ3v) is 4.06. The number of hydrogen-bond acceptors (Lipinski definition) is 3. The number of carbonyl (C=O) groups excluding carboxylic acids is 1. The van der Waals surface area contributed by atoms with E-state index < -0.39 is 0 Å². The number of carbonyl (C=O) groups is 1. The molecule has 4 nitrogen and oxygen atoms in total. The number of nitrogens with one attached hydrogen (secondary N) is 1. The van der Waals surface area contributed by atoms with Crippen molar-refractivity contribution in [2.75, 3.05) is 33.3 Å². The second-order valence-corrected chi connectivity index (χ2v) is 5.58. The first-order valence-corrected chi connectivity index (χ1v) is 7.23. The summed E-state index contributed by atoms with van der Waals surface area (Å²) in [7, 11) is 1.85.